The number of nitrogen functional groups attached to an aromatic ring is 1. The summed E-state index contributed by atoms with van der Waals surface area (Å²) in [6.07, 6.45) is 1.70. The molecule has 3 aromatic carbocycles. The van der Waals surface area contributed by atoms with E-state index in [0.717, 1.165) is 0 Å². The summed E-state index contributed by atoms with van der Waals surface area (Å²) in [6.45, 7) is 3.52. The Morgan fingerprint density at radius 2 is 1.70 bits per heavy atom. The Balaban J connectivity index is 1.41. The number of hydrogen-bond donors (Lipinski definition) is 4. The summed E-state index contributed by atoms with van der Waals surface area (Å²) in [5, 5.41) is 15.6. The van der Waals surface area contributed by atoms with E-state index < -0.39 is 22.2 Å². The maximum atomic E-state index is 13.8. The molecule has 4 rings (SSSR count). The molecule has 3 amide bonds. The predicted molar refractivity (Wildman–Crippen MR) is 192 cm³/mol. The number of nitrogens with two attached hydrogens (primary N) is 1. The Bertz CT molecular complexity index is 1750. The topological polar surface area (TPSA) is 181 Å². The molecule has 5 N–H and O–H groups in total. The Hall–Kier alpha value is -4.66. The average molecular weight is 710 g/mol. The van der Waals surface area contributed by atoms with Crippen molar-refractivity contribution in [3.8, 4) is 11.5 Å². The molecule has 1 heterocycles. The van der Waals surface area contributed by atoms with Crippen molar-refractivity contribution in [1.82, 2.24) is 9.21 Å². The van der Waals surface area contributed by atoms with Crippen molar-refractivity contribution in [3.05, 3.63) is 72.3 Å². The molecule has 0 fully saturated rings. The molecular formula is C36H47N5O8S. The number of carbonyl (C=O) groups excluding carboxylic acids is 3. The van der Waals surface area contributed by atoms with Crippen molar-refractivity contribution < 1.29 is 37.4 Å². The smallest absolute Gasteiger partial charge is 0.258 e. The van der Waals surface area contributed by atoms with Gasteiger partial charge in [-0.15, -0.1) is 0 Å². The molecule has 1 aliphatic rings. The molecule has 0 saturated carbocycles. The Morgan fingerprint density at radius 3 is 2.34 bits per heavy atom. The first-order valence-electron chi connectivity index (χ1n) is 16.6. The summed E-state index contributed by atoms with van der Waals surface area (Å²) in [7, 11) is -0.899. The van der Waals surface area contributed by atoms with Crippen molar-refractivity contribution in [2.24, 2.45) is 5.92 Å². The number of para-hydroxylation sites is 2. The zero-order valence-electron chi connectivity index (χ0n) is 28.9. The number of fused-ring (bicyclic) bond motifs is 1. The van der Waals surface area contributed by atoms with Gasteiger partial charge in [-0.25, -0.2) is 8.42 Å². The van der Waals surface area contributed by atoms with Crippen LogP contribution in [-0.4, -0.2) is 86.5 Å². The van der Waals surface area contributed by atoms with E-state index in [9.17, 15) is 27.9 Å². The molecule has 3 atom stereocenters. The minimum Gasteiger partial charge on any atom is -0.497 e. The SMILES string of the molecule is COc1ccc(S(=O)(=O)N(C)C[C@@H]2Oc3ccc(NC(=O)CCCCCC(=O)Nc4ccccc4N)cc3C(=O)N([C@H](C)CO)C[C@@H]2C)cc1. The highest BCUT2D eigenvalue weighted by molar-refractivity contribution is 7.89. The average Bonchev–Trinajstić information content (AvgIpc) is 3.10. The standard InChI is InChI=1S/C36H47N5O8S/c1-24-21-41(25(2)23-42)36(45)29-20-26(38-34(43)12-6-5-7-13-35(44)39-31-11-9-8-10-30(31)37)14-19-32(29)49-33(24)22-40(3)50(46,47)28-17-15-27(48-4)16-18-28/h8-11,14-20,24-25,33,42H,5-7,12-13,21-23,37H2,1-4H3,(H,38,43)(H,39,44)/t24-,25+,33-/m0/s1. The Labute approximate surface area is 293 Å². The lowest BCUT2D eigenvalue weighted by Gasteiger charge is -2.38. The first-order chi connectivity index (χ1) is 23.8. The molecule has 0 bridgehead atoms. The second-order valence-electron chi connectivity index (χ2n) is 12.5. The molecule has 13 nitrogen and oxygen atoms in total. The van der Waals surface area contributed by atoms with Crippen LogP contribution in [0.4, 0.5) is 17.1 Å². The van der Waals surface area contributed by atoms with Crippen LogP contribution >= 0.6 is 0 Å². The molecule has 270 valence electrons. The zero-order valence-corrected chi connectivity index (χ0v) is 29.7. The van der Waals surface area contributed by atoms with Crippen LogP contribution in [0, 0.1) is 5.92 Å². The van der Waals surface area contributed by atoms with Gasteiger partial charge in [0.05, 0.1) is 48.1 Å². The van der Waals surface area contributed by atoms with Crippen LogP contribution in [0.15, 0.2) is 71.6 Å². The highest BCUT2D eigenvalue weighted by Gasteiger charge is 2.35. The van der Waals surface area contributed by atoms with Gasteiger partial charge in [0.2, 0.25) is 21.8 Å². The molecule has 0 radical (unpaired) electrons. The lowest BCUT2D eigenvalue weighted by atomic mass is 9.99. The molecular weight excluding hydrogens is 662 g/mol. The maximum Gasteiger partial charge on any atom is 0.258 e. The number of methoxy groups -OCH3 is 1. The number of carbonyl (C=O) groups is 3. The number of nitrogens with zero attached hydrogens (tertiary/aromatic N) is 2. The second-order valence-corrected chi connectivity index (χ2v) is 14.6. The van der Waals surface area contributed by atoms with Gasteiger partial charge in [-0.1, -0.05) is 25.5 Å². The number of aliphatic hydroxyl groups is 1. The molecule has 0 spiro atoms. The van der Waals surface area contributed by atoms with Crippen LogP contribution in [-0.2, 0) is 19.6 Å². The van der Waals surface area contributed by atoms with E-state index in [-0.39, 0.29) is 66.0 Å². The van der Waals surface area contributed by atoms with E-state index in [4.69, 9.17) is 15.2 Å². The van der Waals surface area contributed by atoms with E-state index in [1.54, 1.807) is 60.4 Å². The summed E-state index contributed by atoms with van der Waals surface area (Å²) in [6, 6.07) is 17.4. The molecule has 0 aromatic heterocycles. The monoisotopic (exact) mass is 709 g/mol. The molecule has 3 aromatic rings. The second kappa shape index (κ2) is 17.3. The summed E-state index contributed by atoms with van der Waals surface area (Å²) < 4.78 is 39.6. The van der Waals surface area contributed by atoms with Crippen molar-refractivity contribution in [2.45, 2.75) is 63.0 Å². The highest BCUT2D eigenvalue weighted by Crippen LogP contribution is 2.31. The normalized spacial score (nSPS) is 16.8. The van der Waals surface area contributed by atoms with Crippen LogP contribution in [0.1, 0.15) is 56.3 Å². The van der Waals surface area contributed by atoms with Crippen molar-refractivity contribution >= 4 is 44.8 Å². The fraction of sp³-hybridized carbons (Fsp3) is 0.417. The molecule has 0 aliphatic carbocycles. The number of benzene rings is 3. The Kier molecular flexibility index (Phi) is 13.2. The maximum absolute atomic E-state index is 13.8. The summed E-state index contributed by atoms with van der Waals surface area (Å²) in [4.78, 5) is 40.5. The quantitative estimate of drug-likeness (QED) is 0.132. The third-order valence-corrected chi connectivity index (χ3v) is 10.5. The lowest BCUT2D eigenvalue weighted by Crippen LogP contribution is -2.50. The van der Waals surface area contributed by atoms with Gasteiger partial charge in [-0.05, 0) is 74.4 Å². The van der Waals surface area contributed by atoms with Crippen molar-refractivity contribution in [3.63, 3.8) is 0 Å². The number of aliphatic hydroxyl groups excluding tert-OH is 1. The fourth-order valence-corrected chi connectivity index (χ4v) is 6.78. The first-order valence-corrected chi connectivity index (χ1v) is 18.0. The number of rotatable bonds is 15. The van der Waals surface area contributed by atoms with Gasteiger partial charge in [-0.2, -0.15) is 4.31 Å². The third kappa shape index (κ3) is 9.73. The number of nitrogens with one attached hydrogen (secondary N) is 2. The van der Waals surface area contributed by atoms with Crippen LogP contribution in [0.3, 0.4) is 0 Å². The van der Waals surface area contributed by atoms with Gasteiger partial charge in [-0.3, -0.25) is 14.4 Å². The number of likely N-dealkylation sites (N-methyl/N-ethyl adjacent to an activating group) is 1. The summed E-state index contributed by atoms with van der Waals surface area (Å²) >= 11 is 0. The number of anilines is 3. The van der Waals surface area contributed by atoms with Crippen LogP contribution in [0.5, 0.6) is 11.5 Å². The number of amides is 3. The van der Waals surface area contributed by atoms with Gasteiger partial charge in [0.1, 0.15) is 17.6 Å². The van der Waals surface area contributed by atoms with Gasteiger partial charge in [0.15, 0.2) is 0 Å². The predicted octanol–water partition coefficient (Wildman–Crippen LogP) is 4.35. The van der Waals surface area contributed by atoms with E-state index in [1.165, 1.54) is 36.7 Å². The van der Waals surface area contributed by atoms with E-state index >= 15 is 0 Å². The fourth-order valence-electron chi connectivity index (χ4n) is 5.59. The lowest BCUT2D eigenvalue weighted by molar-refractivity contribution is -0.116. The Morgan fingerprint density at radius 1 is 1.04 bits per heavy atom. The molecule has 14 heteroatoms. The zero-order chi connectivity index (χ0) is 36.4. The van der Waals surface area contributed by atoms with Gasteiger partial charge >= 0.3 is 0 Å². The van der Waals surface area contributed by atoms with Gasteiger partial charge < -0.3 is 35.8 Å². The van der Waals surface area contributed by atoms with E-state index in [0.29, 0.717) is 48.5 Å². The number of unbranched alkanes of at least 4 members (excludes halogenated alkanes) is 2. The summed E-state index contributed by atoms with van der Waals surface area (Å²) in [5.41, 5.74) is 7.52. The van der Waals surface area contributed by atoms with E-state index in [1.807, 2.05) is 6.92 Å². The number of ether oxygens (including phenoxy) is 2. The number of sulfonamides is 1. The number of hydrogen-bond acceptors (Lipinski definition) is 9. The van der Waals surface area contributed by atoms with Gasteiger partial charge in [0, 0.05) is 38.0 Å². The van der Waals surface area contributed by atoms with Crippen LogP contribution < -0.4 is 25.8 Å². The summed E-state index contributed by atoms with van der Waals surface area (Å²) in [5.74, 6) is -0.305. The minimum atomic E-state index is -3.88. The van der Waals surface area contributed by atoms with Crippen molar-refractivity contribution in [2.75, 3.05) is 50.2 Å². The largest absolute Gasteiger partial charge is 0.497 e. The first kappa shape index (κ1) is 38.1. The van der Waals surface area contributed by atoms with Crippen LogP contribution in [0.2, 0.25) is 0 Å². The third-order valence-electron chi connectivity index (χ3n) is 8.70. The van der Waals surface area contributed by atoms with Crippen molar-refractivity contribution in [1.29, 1.82) is 0 Å². The minimum absolute atomic E-state index is 0.00896. The molecule has 0 saturated heterocycles. The van der Waals surface area contributed by atoms with Crippen LogP contribution in [0.25, 0.3) is 0 Å². The molecule has 50 heavy (non-hydrogen) atoms. The highest BCUT2D eigenvalue weighted by atomic mass is 32.2. The van der Waals surface area contributed by atoms with E-state index in [2.05, 4.69) is 10.6 Å². The van der Waals surface area contributed by atoms with Gasteiger partial charge in [0.25, 0.3) is 5.91 Å². The molecule has 0 unspecified atom stereocenters. The molecule has 1 aliphatic heterocycles.